The first-order valence-corrected chi connectivity index (χ1v) is 10.8. The minimum Gasteiger partial charge on any atom is -0.493 e. The number of hydrogen-bond donors (Lipinski definition) is 2. The summed E-state index contributed by atoms with van der Waals surface area (Å²) in [5.74, 6) is 1.15. The van der Waals surface area contributed by atoms with Crippen molar-refractivity contribution in [1.82, 2.24) is 0 Å². The summed E-state index contributed by atoms with van der Waals surface area (Å²) in [7, 11) is 3.26. The highest BCUT2D eigenvalue weighted by Gasteiger charge is 2.41. The molecule has 0 saturated heterocycles. The van der Waals surface area contributed by atoms with Crippen LogP contribution in [0.15, 0.2) is 84.6 Å². The minimum absolute atomic E-state index is 0.0422. The van der Waals surface area contributed by atoms with Crippen LogP contribution in [-0.2, 0) is 4.79 Å². The van der Waals surface area contributed by atoms with E-state index in [2.05, 4.69) is 28.8 Å². The van der Waals surface area contributed by atoms with Gasteiger partial charge in [0.1, 0.15) is 5.78 Å². The summed E-state index contributed by atoms with van der Waals surface area (Å²) < 4.78 is 11.3. The van der Waals surface area contributed by atoms with Crippen LogP contribution in [0.3, 0.4) is 0 Å². The molecule has 0 bridgehead atoms. The Morgan fingerprint density at radius 3 is 2.34 bits per heavy atom. The lowest BCUT2D eigenvalue weighted by Gasteiger charge is -2.33. The zero-order chi connectivity index (χ0) is 22.1. The minimum atomic E-state index is -0.372. The van der Waals surface area contributed by atoms with Gasteiger partial charge >= 0.3 is 0 Å². The molecule has 3 atom stereocenters. The van der Waals surface area contributed by atoms with Crippen molar-refractivity contribution in [3.05, 3.63) is 95.7 Å². The number of allylic oxidation sites excluding steroid dienone is 1. The molecule has 1 aliphatic heterocycles. The van der Waals surface area contributed by atoms with Crippen molar-refractivity contribution >= 4 is 17.2 Å². The molecule has 5 heteroatoms. The number of benzene rings is 3. The molecule has 0 radical (unpaired) electrons. The summed E-state index contributed by atoms with van der Waals surface area (Å²) in [5.41, 5.74) is 4.86. The van der Waals surface area contributed by atoms with Gasteiger partial charge in [-0.3, -0.25) is 4.79 Å². The van der Waals surface area contributed by atoms with E-state index in [0.717, 1.165) is 28.2 Å². The molecule has 2 N–H and O–H groups in total. The molecule has 3 unspecified atom stereocenters. The number of fused-ring (bicyclic) bond motifs is 2. The van der Waals surface area contributed by atoms with Gasteiger partial charge in [-0.25, -0.2) is 0 Å². The van der Waals surface area contributed by atoms with E-state index in [1.54, 1.807) is 14.2 Å². The number of carbonyl (C=O) groups excluding carboxylic acids is 1. The second kappa shape index (κ2) is 8.42. The second-order valence-corrected chi connectivity index (χ2v) is 8.16. The van der Waals surface area contributed by atoms with Crippen molar-refractivity contribution in [2.24, 2.45) is 5.92 Å². The number of nitrogens with one attached hydrogen (secondary N) is 2. The van der Waals surface area contributed by atoms with Crippen LogP contribution in [0.4, 0.5) is 11.4 Å². The van der Waals surface area contributed by atoms with Crippen LogP contribution in [-0.4, -0.2) is 20.0 Å². The van der Waals surface area contributed by atoms with Crippen LogP contribution in [0.25, 0.3) is 0 Å². The second-order valence-electron chi connectivity index (χ2n) is 8.16. The predicted octanol–water partition coefficient (Wildman–Crippen LogP) is 5.54. The van der Waals surface area contributed by atoms with E-state index in [0.29, 0.717) is 17.9 Å². The summed E-state index contributed by atoms with van der Waals surface area (Å²) in [6.07, 6.45) is 2.67. The number of hydrogen-bond acceptors (Lipinski definition) is 5. The third kappa shape index (κ3) is 3.50. The van der Waals surface area contributed by atoms with Gasteiger partial charge in [-0.15, -0.1) is 0 Å². The quantitative estimate of drug-likeness (QED) is 0.574. The number of ether oxygens (including phenoxy) is 2. The van der Waals surface area contributed by atoms with Crippen molar-refractivity contribution in [3.63, 3.8) is 0 Å². The molecule has 0 saturated carbocycles. The van der Waals surface area contributed by atoms with E-state index >= 15 is 0 Å². The van der Waals surface area contributed by atoms with Gasteiger partial charge in [-0.1, -0.05) is 60.7 Å². The average Bonchev–Trinajstić information content (AvgIpc) is 3.00. The lowest BCUT2D eigenvalue weighted by Crippen LogP contribution is -2.34. The molecule has 1 aliphatic carbocycles. The number of methoxy groups -OCH3 is 2. The number of rotatable bonds is 4. The molecule has 0 spiro atoms. The molecule has 0 fully saturated rings. The van der Waals surface area contributed by atoms with E-state index in [9.17, 15) is 4.79 Å². The van der Waals surface area contributed by atoms with E-state index in [1.165, 1.54) is 0 Å². The summed E-state index contributed by atoms with van der Waals surface area (Å²) >= 11 is 0. The Balaban J connectivity index is 1.66. The van der Waals surface area contributed by atoms with Gasteiger partial charge in [0.25, 0.3) is 0 Å². The summed E-state index contributed by atoms with van der Waals surface area (Å²) in [6.45, 7) is 0. The number of ketones is 1. The topological polar surface area (TPSA) is 59.6 Å². The Bertz CT molecular complexity index is 1170. The summed E-state index contributed by atoms with van der Waals surface area (Å²) in [4.78, 5) is 13.7. The molecule has 3 aromatic carbocycles. The molecule has 5 nitrogen and oxygen atoms in total. The van der Waals surface area contributed by atoms with E-state index in [1.807, 2.05) is 60.7 Å². The van der Waals surface area contributed by atoms with Gasteiger partial charge in [0.2, 0.25) is 0 Å². The third-order valence-corrected chi connectivity index (χ3v) is 6.33. The van der Waals surface area contributed by atoms with Gasteiger partial charge in [0.15, 0.2) is 11.5 Å². The van der Waals surface area contributed by atoms with E-state index in [4.69, 9.17) is 9.47 Å². The molecule has 2 aliphatic rings. The van der Waals surface area contributed by atoms with E-state index < -0.39 is 0 Å². The molecule has 1 heterocycles. The largest absolute Gasteiger partial charge is 0.493 e. The molecule has 3 aromatic rings. The number of para-hydroxylation sites is 3. The first-order valence-electron chi connectivity index (χ1n) is 10.8. The highest BCUT2D eigenvalue weighted by Crippen LogP contribution is 2.47. The van der Waals surface area contributed by atoms with Crippen molar-refractivity contribution in [2.45, 2.75) is 18.4 Å². The van der Waals surface area contributed by atoms with Crippen LogP contribution in [0.1, 0.15) is 29.5 Å². The van der Waals surface area contributed by atoms with Crippen molar-refractivity contribution in [2.75, 3.05) is 24.9 Å². The van der Waals surface area contributed by atoms with Crippen molar-refractivity contribution in [1.29, 1.82) is 0 Å². The normalized spacial score (nSPS) is 21.8. The smallest absolute Gasteiger partial charge is 0.166 e. The Labute approximate surface area is 188 Å². The first-order chi connectivity index (χ1) is 15.7. The molecule has 0 amide bonds. The van der Waals surface area contributed by atoms with Crippen molar-refractivity contribution < 1.29 is 14.3 Å². The zero-order valence-corrected chi connectivity index (χ0v) is 18.2. The number of anilines is 2. The number of Topliss-reactive ketones (excluding diaryl/α,β-unsaturated/α-hetero) is 1. The van der Waals surface area contributed by atoms with Crippen LogP contribution >= 0.6 is 0 Å². The Morgan fingerprint density at radius 2 is 1.59 bits per heavy atom. The lowest BCUT2D eigenvalue weighted by molar-refractivity contribution is -0.122. The fourth-order valence-corrected chi connectivity index (χ4v) is 4.83. The Kier molecular flexibility index (Phi) is 5.31. The van der Waals surface area contributed by atoms with Crippen LogP contribution in [0.2, 0.25) is 0 Å². The maximum absolute atomic E-state index is 13.7. The zero-order valence-electron chi connectivity index (χ0n) is 18.2. The lowest BCUT2D eigenvalue weighted by atomic mass is 9.76. The molecule has 0 aromatic heterocycles. The van der Waals surface area contributed by atoms with Crippen LogP contribution in [0.5, 0.6) is 11.5 Å². The van der Waals surface area contributed by atoms with Gasteiger partial charge < -0.3 is 20.1 Å². The van der Waals surface area contributed by atoms with Crippen molar-refractivity contribution in [3.8, 4) is 11.5 Å². The predicted molar refractivity (Wildman–Crippen MR) is 126 cm³/mol. The van der Waals surface area contributed by atoms with Gasteiger partial charge in [-0.05, 0) is 23.8 Å². The van der Waals surface area contributed by atoms with Crippen LogP contribution in [0, 0.1) is 5.92 Å². The molecule has 32 heavy (non-hydrogen) atoms. The average molecular weight is 427 g/mol. The van der Waals surface area contributed by atoms with Crippen LogP contribution < -0.4 is 20.1 Å². The van der Waals surface area contributed by atoms with E-state index in [-0.39, 0.29) is 23.7 Å². The highest BCUT2D eigenvalue weighted by atomic mass is 16.5. The first kappa shape index (κ1) is 20.2. The molecular formula is C27H26N2O3. The Hall–Kier alpha value is -3.73. The summed E-state index contributed by atoms with van der Waals surface area (Å²) in [5, 5.41) is 7.19. The summed E-state index contributed by atoms with van der Waals surface area (Å²) in [6, 6.07) is 23.8. The fraction of sp³-hybridized carbons (Fsp3) is 0.222. The molecule has 162 valence electrons. The maximum atomic E-state index is 13.7. The van der Waals surface area contributed by atoms with Gasteiger partial charge in [0.05, 0.1) is 37.6 Å². The number of carbonyl (C=O) groups is 1. The Morgan fingerprint density at radius 1 is 0.844 bits per heavy atom. The van der Waals surface area contributed by atoms with Gasteiger partial charge in [-0.2, -0.15) is 0 Å². The van der Waals surface area contributed by atoms with Gasteiger partial charge in [0, 0.05) is 23.6 Å². The monoisotopic (exact) mass is 426 g/mol. The third-order valence-electron chi connectivity index (χ3n) is 6.33. The molecule has 5 rings (SSSR count). The maximum Gasteiger partial charge on any atom is 0.166 e. The highest BCUT2D eigenvalue weighted by molar-refractivity contribution is 5.90. The fourth-order valence-electron chi connectivity index (χ4n) is 4.83. The molecular weight excluding hydrogens is 400 g/mol. The standard InChI is InChI=1S/C27H26N2O3/c1-31-24-14-8-11-19(27(24)32-2)26-25-22(28-20-12-6-7-13-21(20)29-26)15-18(16-23(25)30)17-9-4-3-5-10-17/h3-15,18,25-26,28-29H,16H2,1-2H3. The SMILES string of the molecule is COc1cccc(C2Nc3ccccc3NC3=CC(c4ccccc4)CC(=O)C32)c1OC.